The zero-order chi connectivity index (χ0) is 11.9. The Kier molecular flexibility index (Phi) is 4.71. The van der Waals surface area contributed by atoms with Crippen LogP contribution in [0, 0.1) is 0 Å². The highest BCUT2D eigenvalue weighted by Gasteiger charge is 2.06. The van der Waals surface area contributed by atoms with Crippen LogP contribution in [-0.2, 0) is 13.0 Å². The average molecular weight is 246 g/mol. The molecule has 0 spiro atoms. The molecule has 2 rings (SSSR count). The molecular formula is C14H18N2S. The molecule has 0 saturated heterocycles. The van der Waals surface area contributed by atoms with E-state index in [4.69, 9.17) is 0 Å². The van der Waals surface area contributed by atoms with E-state index in [0.717, 1.165) is 19.4 Å². The van der Waals surface area contributed by atoms with Gasteiger partial charge in [-0.3, -0.25) is 4.98 Å². The Morgan fingerprint density at radius 3 is 2.76 bits per heavy atom. The highest BCUT2D eigenvalue weighted by atomic mass is 32.1. The number of benzene rings is 1. The molecule has 0 saturated carbocycles. The van der Waals surface area contributed by atoms with Crippen LogP contribution in [0.2, 0.25) is 0 Å². The van der Waals surface area contributed by atoms with E-state index in [0.29, 0.717) is 6.04 Å². The average Bonchev–Trinajstić information content (AvgIpc) is 2.89. The minimum absolute atomic E-state index is 0.541. The van der Waals surface area contributed by atoms with E-state index in [1.807, 2.05) is 11.7 Å². The van der Waals surface area contributed by atoms with Crippen molar-refractivity contribution < 1.29 is 0 Å². The summed E-state index contributed by atoms with van der Waals surface area (Å²) >= 11 is 1.71. The molecule has 0 aliphatic rings. The van der Waals surface area contributed by atoms with Crippen molar-refractivity contribution in [3.63, 3.8) is 0 Å². The largest absolute Gasteiger partial charge is 0.309 e. The molecule has 0 aliphatic carbocycles. The van der Waals surface area contributed by atoms with E-state index < -0.39 is 0 Å². The molecule has 2 nitrogen and oxygen atoms in total. The maximum absolute atomic E-state index is 4.09. The Morgan fingerprint density at radius 2 is 2.12 bits per heavy atom. The van der Waals surface area contributed by atoms with E-state index in [9.17, 15) is 0 Å². The molecule has 3 heteroatoms. The van der Waals surface area contributed by atoms with Crippen molar-refractivity contribution in [1.82, 2.24) is 10.3 Å². The van der Waals surface area contributed by atoms with Crippen LogP contribution in [0.15, 0.2) is 42.0 Å². The molecule has 1 aromatic heterocycles. The predicted octanol–water partition coefficient (Wildman–Crippen LogP) is 3.25. The third-order valence-corrected chi connectivity index (χ3v) is 3.65. The summed E-state index contributed by atoms with van der Waals surface area (Å²) in [5, 5.41) is 3.59. The number of rotatable bonds is 6. The summed E-state index contributed by atoms with van der Waals surface area (Å²) in [5.41, 5.74) is 3.28. The summed E-state index contributed by atoms with van der Waals surface area (Å²) in [6.07, 6.45) is 4.18. The maximum atomic E-state index is 4.09. The first-order valence-electron chi connectivity index (χ1n) is 6.03. The van der Waals surface area contributed by atoms with Crippen LogP contribution in [0.5, 0.6) is 0 Å². The van der Waals surface area contributed by atoms with Crippen molar-refractivity contribution in [2.75, 3.05) is 0 Å². The first-order chi connectivity index (χ1) is 8.38. The van der Waals surface area contributed by atoms with Gasteiger partial charge >= 0.3 is 0 Å². The number of thiazole rings is 1. The Morgan fingerprint density at radius 1 is 1.29 bits per heavy atom. The van der Waals surface area contributed by atoms with Crippen molar-refractivity contribution in [1.29, 1.82) is 0 Å². The van der Waals surface area contributed by atoms with Gasteiger partial charge in [0.25, 0.3) is 0 Å². The molecular weight excluding hydrogens is 228 g/mol. The van der Waals surface area contributed by atoms with Crippen LogP contribution in [0.25, 0.3) is 0 Å². The van der Waals surface area contributed by atoms with Gasteiger partial charge in [0.15, 0.2) is 0 Å². The summed E-state index contributed by atoms with van der Waals surface area (Å²) in [6, 6.07) is 11.2. The molecule has 0 aliphatic heterocycles. The molecule has 0 amide bonds. The standard InChI is InChI=1S/C14H18N2S/c1-2-13(8-12-6-4-3-5-7-12)16-10-14-9-15-11-17-14/h3-7,9,11,13,16H,2,8,10H2,1H3. The molecule has 0 fully saturated rings. The van der Waals surface area contributed by atoms with Crippen molar-refractivity contribution in [3.05, 3.63) is 52.5 Å². The highest BCUT2D eigenvalue weighted by Crippen LogP contribution is 2.09. The second kappa shape index (κ2) is 6.52. The van der Waals surface area contributed by atoms with Crippen LogP contribution in [-0.4, -0.2) is 11.0 Å². The van der Waals surface area contributed by atoms with Crippen LogP contribution in [0.1, 0.15) is 23.8 Å². The zero-order valence-corrected chi connectivity index (χ0v) is 10.9. The molecule has 1 heterocycles. The smallest absolute Gasteiger partial charge is 0.0794 e. The predicted molar refractivity (Wildman–Crippen MR) is 73.2 cm³/mol. The van der Waals surface area contributed by atoms with Crippen LogP contribution in [0.4, 0.5) is 0 Å². The van der Waals surface area contributed by atoms with E-state index in [1.54, 1.807) is 11.3 Å². The number of hydrogen-bond donors (Lipinski definition) is 1. The Labute approximate surface area is 107 Å². The SMILES string of the molecule is CCC(Cc1ccccc1)NCc1cncs1. The van der Waals surface area contributed by atoms with Gasteiger partial charge in [0.05, 0.1) is 5.51 Å². The van der Waals surface area contributed by atoms with E-state index in [1.165, 1.54) is 10.4 Å². The number of nitrogens with one attached hydrogen (secondary N) is 1. The highest BCUT2D eigenvalue weighted by molar-refractivity contribution is 7.09. The number of aromatic nitrogens is 1. The molecule has 1 aromatic carbocycles. The summed E-state index contributed by atoms with van der Waals surface area (Å²) in [5.74, 6) is 0. The van der Waals surface area contributed by atoms with Gasteiger partial charge in [-0.25, -0.2) is 0 Å². The third-order valence-electron chi connectivity index (χ3n) is 2.87. The fraction of sp³-hybridized carbons (Fsp3) is 0.357. The monoisotopic (exact) mass is 246 g/mol. The fourth-order valence-electron chi connectivity index (χ4n) is 1.83. The second-order valence-electron chi connectivity index (χ2n) is 4.14. The van der Waals surface area contributed by atoms with Crippen molar-refractivity contribution in [2.24, 2.45) is 0 Å². The molecule has 17 heavy (non-hydrogen) atoms. The van der Waals surface area contributed by atoms with Gasteiger partial charge in [0, 0.05) is 23.7 Å². The third kappa shape index (κ3) is 3.95. The zero-order valence-electron chi connectivity index (χ0n) is 10.1. The van der Waals surface area contributed by atoms with E-state index in [-0.39, 0.29) is 0 Å². The second-order valence-corrected chi connectivity index (χ2v) is 5.11. The van der Waals surface area contributed by atoms with Gasteiger partial charge in [-0.05, 0) is 18.4 Å². The van der Waals surface area contributed by atoms with E-state index >= 15 is 0 Å². The lowest BCUT2D eigenvalue weighted by Crippen LogP contribution is -2.29. The lowest BCUT2D eigenvalue weighted by molar-refractivity contribution is 0.496. The molecule has 0 bridgehead atoms. The van der Waals surface area contributed by atoms with Crippen molar-refractivity contribution in [3.8, 4) is 0 Å². The lowest BCUT2D eigenvalue weighted by Gasteiger charge is -2.16. The first kappa shape index (κ1) is 12.3. The minimum atomic E-state index is 0.541. The van der Waals surface area contributed by atoms with Gasteiger partial charge in [-0.15, -0.1) is 11.3 Å². The molecule has 1 unspecified atom stereocenters. The molecule has 1 atom stereocenters. The van der Waals surface area contributed by atoms with Gasteiger partial charge in [-0.1, -0.05) is 37.3 Å². The maximum Gasteiger partial charge on any atom is 0.0794 e. The summed E-state index contributed by atoms with van der Waals surface area (Å²) in [4.78, 5) is 5.39. The van der Waals surface area contributed by atoms with Crippen LogP contribution >= 0.6 is 11.3 Å². The molecule has 2 aromatic rings. The Bertz CT molecular complexity index is 411. The molecule has 1 N–H and O–H groups in total. The van der Waals surface area contributed by atoms with Crippen LogP contribution in [0.3, 0.4) is 0 Å². The normalized spacial score (nSPS) is 12.5. The van der Waals surface area contributed by atoms with Crippen molar-refractivity contribution in [2.45, 2.75) is 32.4 Å². The first-order valence-corrected chi connectivity index (χ1v) is 6.91. The van der Waals surface area contributed by atoms with Gasteiger partial charge in [-0.2, -0.15) is 0 Å². The number of hydrogen-bond acceptors (Lipinski definition) is 3. The molecule has 90 valence electrons. The summed E-state index contributed by atoms with van der Waals surface area (Å²) < 4.78 is 0. The van der Waals surface area contributed by atoms with Gasteiger partial charge in [0.2, 0.25) is 0 Å². The molecule has 0 radical (unpaired) electrons. The topological polar surface area (TPSA) is 24.9 Å². The van der Waals surface area contributed by atoms with Crippen molar-refractivity contribution >= 4 is 11.3 Å². The lowest BCUT2D eigenvalue weighted by atomic mass is 10.0. The Hall–Kier alpha value is -1.19. The summed E-state index contributed by atoms with van der Waals surface area (Å²) in [7, 11) is 0. The Balaban J connectivity index is 1.85. The number of nitrogens with zero attached hydrogens (tertiary/aromatic N) is 1. The quantitative estimate of drug-likeness (QED) is 0.846. The van der Waals surface area contributed by atoms with Gasteiger partial charge < -0.3 is 5.32 Å². The fourth-order valence-corrected chi connectivity index (χ4v) is 2.38. The minimum Gasteiger partial charge on any atom is -0.309 e. The summed E-state index contributed by atoms with van der Waals surface area (Å²) in [6.45, 7) is 3.16. The van der Waals surface area contributed by atoms with Crippen LogP contribution < -0.4 is 5.32 Å². The van der Waals surface area contributed by atoms with Gasteiger partial charge in [0.1, 0.15) is 0 Å². The van der Waals surface area contributed by atoms with E-state index in [2.05, 4.69) is 47.6 Å².